The van der Waals surface area contributed by atoms with Gasteiger partial charge in [0.2, 0.25) is 0 Å². The van der Waals surface area contributed by atoms with Crippen LogP contribution >= 0.6 is 0 Å². The van der Waals surface area contributed by atoms with Crippen molar-refractivity contribution in [2.45, 2.75) is 25.8 Å². The number of rotatable bonds is 3. The van der Waals surface area contributed by atoms with Crippen molar-refractivity contribution in [3.63, 3.8) is 0 Å². The minimum Gasteiger partial charge on any atom is -0.367 e. The summed E-state index contributed by atoms with van der Waals surface area (Å²) in [6, 6.07) is 10.4. The quantitative estimate of drug-likeness (QED) is 0.938. The largest absolute Gasteiger partial charge is 0.367 e. The SMILES string of the molecule is CCN(c1cc(=O)n(C)c2ccccc12)C1CCCNC1. The number of nitrogens with one attached hydrogen (secondary N) is 1. The highest BCUT2D eigenvalue weighted by atomic mass is 16.1. The Bertz CT molecular complexity index is 686. The van der Waals surface area contributed by atoms with Gasteiger partial charge in [-0.05, 0) is 32.4 Å². The summed E-state index contributed by atoms with van der Waals surface area (Å²) in [7, 11) is 1.84. The molecule has 1 aliphatic heterocycles. The first-order valence-corrected chi connectivity index (χ1v) is 7.78. The molecule has 1 atom stereocenters. The normalized spacial score (nSPS) is 18.9. The zero-order valence-corrected chi connectivity index (χ0v) is 12.8. The lowest BCUT2D eigenvalue weighted by Gasteiger charge is -2.36. The first-order valence-electron chi connectivity index (χ1n) is 7.78. The summed E-state index contributed by atoms with van der Waals surface area (Å²) in [4.78, 5) is 14.7. The Labute approximate surface area is 125 Å². The van der Waals surface area contributed by atoms with Gasteiger partial charge in [-0.3, -0.25) is 4.79 Å². The number of aryl methyl sites for hydroxylation is 1. The molecule has 0 spiro atoms. The molecule has 1 unspecified atom stereocenters. The first-order chi connectivity index (χ1) is 10.2. The molecule has 1 N–H and O–H groups in total. The number of hydrogen-bond donors (Lipinski definition) is 1. The van der Waals surface area contributed by atoms with Crippen LogP contribution in [0.15, 0.2) is 35.1 Å². The molecule has 4 heteroatoms. The smallest absolute Gasteiger partial charge is 0.252 e. The van der Waals surface area contributed by atoms with Gasteiger partial charge in [-0.25, -0.2) is 0 Å². The van der Waals surface area contributed by atoms with Gasteiger partial charge in [0, 0.05) is 37.6 Å². The van der Waals surface area contributed by atoms with Crippen LogP contribution in [-0.4, -0.2) is 30.2 Å². The van der Waals surface area contributed by atoms with Crippen molar-refractivity contribution in [1.29, 1.82) is 0 Å². The number of aromatic nitrogens is 1. The summed E-state index contributed by atoms with van der Waals surface area (Å²) in [5.74, 6) is 0. The highest BCUT2D eigenvalue weighted by Crippen LogP contribution is 2.27. The van der Waals surface area contributed by atoms with Gasteiger partial charge in [0.1, 0.15) is 0 Å². The van der Waals surface area contributed by atoms with Gasteiger partial charge in [-0.1, -0.05) is 18.2 Å². The molecule has 3 rings (SSSR count). The molecule has 2 heterocycles. The third-order valence-corrected chi connectivity index (χ3v) is 4.49. The summed E-state index contributed by atoms with van der Waals surface area (Å²) in [6.07, 6.45) is 2.38. The molecule has 0 saturated carbocycles. The maximum Gasteiger partial charge on any atom is 0.252 e. The number of fused-ring (bicyclic) bond motifs is 1. The zero-order valence-electron chi connectivity index (χ0n) is 12.8. The van der Waals surface area contributed by atoms with Crippen LogP contribution in [-0.2, 0) is 7.05 Å². The number of para-hydroxylation sites is 1. The van der Waals surface area contributed by atoms with E-state index in [-0.39, 0.29) is 5.56 Å². The Morgan fingerprint density at radius 2 is 2.19 bits per heavy atom. The molecule has 112 valence electrons. The molecule has 2 aromatic rings. The number of hydrogen-bond acceptors (Lipinski definition) is 3. The molecule has 21 heavy (non-hydrogen) atoms. The van der Waals surface area contributed by atoms with Gasteiger partial charge in [-0.2, -0.15) is 0 Å². The van der Waals surface area contributed by atoms with Crippen molar-refractivity contribution in [2.24, 2.45) is 7.05 Å². The highest BCUT2D eigenvalue weighted by molar-refractivity contribution is 5.92. The molecule has 0 radical (unpaired) electrons. The highest BCUT2D eigenvalue weighted by Gasteiger charge is 2.22. The Balaban J connectivity index is 2.13. The van der Waals surface area contributed by atoms with Gasteiger partial charge in [-0.15, -0.1) is 0 Å². The van der Waals surface area contributed by atoms with Gasteiger partial charge in [0.25, 0.3) is 5.56 Å². The van der Waals surface area contributed by atoms with Crippen LogP contribution in [0.3, 0.4) is 0 Å². The fourth-order valence-corrected chi connectivity index (χ4v) is 3.36. The monoisotopic (exact) mass is 285 g/mol. The Hall–Kier alpha value is -1.81. The number of benzene rings is 1. The summed E-state index contributed by atoms with van der Waals surface area (Å²) in [5.41, 5.74) is 2.14. The topological polar surface area (TPSA) is 37.3 Å². The molecule has 1 aliphatic rings. The van der Waals surface area contributed by atoms with Gasteiger partial charge in [0.05, 0.1) is 11.2 Å². The molecule has 1 fully saturated rings. The lowest BCUT2D eigenvalue weighted by molar-refractivity contribution is 0.435. The minimum absolute atomic E-state index is 0.0610. The van der Waals surface area contributed by atoms with Crippen molar-refractivity contribution in [1.82, 2.24) is 9.88 Å². The van der Waals surface area contributed by atoms with Crippen LogP contribution in [0.25, 0.3) is 10.9 Å². The van der Waals surface area contributed by atoms with Gasteiger partial charge < -0.3 is 14.8 Å². The van der Waals surface area contributed by atoms with E-state index in [0.717, 1.165) is 36.2 Å². The van der Waals surface area contributed by atoms with E-state index in [0.29, 0.717) is 6.04 Å². The third-order valence-electron chi connectivity index (χ3n) is 4.49. The standard InChI is InChI=1S/C17H23N3O/c1-3-20(13-7-6-10-18-12-13)16-11-17(21)19(2)15-9-5-4-8-14(15)16/h4-5,8-9,11,13,18H,3,6-7,10,12H2,1-2H3. The second-order valence-electron chi connectivity index (χ2n) is 5.73. The molecule has 1 aromatic heterocycles. The van der Waals surface area contributed by atoms with E-state index in [1.165, 1.54) is 12.8 Å². The van der Waals surface area contributed by atoms with Crippen molar-refractivity contribution >= 4 is 16.6 Å². The van der Waals surface area contributed by atoms with Gasteiger partial charge in [0.15, 0.2) is 0 Å². The number of likely N-dealkylation sites (N-methyl/N-ethyl adjacent to an activating group) is 1. The molecular formula is C17H23N3O. The van der Waals surface area contributed by atoms with Crippen molar-refractivity contribution < 1.29 is 0 Å². The lowest BCUT2D eigenvalue weighted by Crippen LogP contribution is -2.46. The number of piperidine rings is 1. The average molecular weight is 285 g/mol. The zero-order chi connectivity index (χ0) is 14.8. The predicted molar refractivity (Wildman–Crippen MR) is 88.1 cm³/mol. The van der Waals surface area contributed by atoms with Crippen molar-refractivity contribution in [3.05, 3.63) is 40.7 Å². The number of anilines is 1. The summed E-state index contributed by atoms with van der Waals surface area (Å²) in [6.45, 7) is 5.19. The first kappa shape index (κ1) is 14.1. The van der Waals surface area contributed by atoms with E-state index in [1.54, 1.807) is 10.6 Å². The average Bonchev–Trinajstić information content (AvgIpc) is 2.54. The molecule has 0 amide bonds. The predicted octanol–water partition coefficient (Wildman–Crippen LogP) is 2.12. The van der Waals surface area contributed by atoms with E-state index in [1.807, 2.05) is 25.2 Å². The van der Waals surface area contributed by atoms with Crippen LogP contribution in [0.5, 0.6) is 0 Å². The van der Waals surface area contributed by atoms with Crippen molar-refractivity contribution in [3.8, 4) is 0 Å². The van der Waals surface area contributed by atoms with E-state index < -0.39 is 0 Å². The van der Waals surface area contributed by atoms with Crippen LogP contribution in [0.1, 0.15) is 19.8 Å². The molecule has 0 aliphatic carbocycles. The number of nitrogens with zero attached hydrogens (tertiary/aromatic N) is 2. The van der Waals surface area contributed by atoms with Crippen LogP contribution in [0.2, 0.25) is 0 Å². The summed E-state index contributed by atoms with van der Waals surface area (Å²) in [5, 5.41) is 4.63. The molecule has 1 aromatic carbocycles. The lowest BCUT2D eigenvalue weighted by atomic mass is 10.0. The van der Waals surface area contributed by atoms with E-state index in [4.69, 9.17) is 0 Å². The second-order valence-corrected chi connectivity index (χ2v) is 5.73. The molecule has 1 saturated heterocycles. The fraction of sp³-hybridized carbons (Fsp3) is 0.471. The maximum absolute atomic E-state index is 12.3. The minimum atomic E-state index is 0.0610. The molecular weight excluding hydrogens is 262 g/mol. The van der Waals surface area contributed by atoms with Crippen LogP contribution < -0.4 is 15.8 Å². The second kappa shape index (κ2) is 5.90. The van der Waals surface area contributed by atoms with E-state index in [2.05, 4.69) is 23.2 Å². The molecule has 0 bridgehead atoms. The summed E-state index contributed by atoms with van der Waals surface area (Å²) >= 11 is 0. The summed E-state index contributed by atoms with van der Waals surface area (Å²) < 4.78 is 1.73. The van der Waals surface area contributed by atoms with Crippen LogP contribution in [0.4, 0.5) is 5.69 Å². The van der Waals surface area contributed by atoms with Gasteiger partial charge >= 0.3 is 0 Å². The third kappa shape index (κ3) is 2.56. The molecule has 4 nitrogen and oxygen atoms in total. The Morgan fingerprint density at radius 1 is 1.38 bits per heavy atom. The number of pyridine rings is 1. The maximum atomic E-state index is 12.3. The Morgan fingerprint density at radius 3 is 2.90 bits per heavy atom. The van der Waals surface area contributed by atoms with E-state index >= 15 is 0 Å². The van der Waals surface area contributed by atoms with Crippen molar-refractivity contribution in [2.75, 3.05) is 24.5 Å². The fourth-order valence-electron chi connectivity index (χ4n) is 3.36. The van der Waals surface area contributed by atoms with E-state index in [9.17, 15) is 4.79 Å². The Kier molecular flexibility index (Phi) is 3.97. The van der Waals surface area contributed by atoms with Crippen LogP contribution in [0, 0.1) is 0 Å².